The van der Waals surface area contributed by atoms with Gasteiger partial charge in [0.1, 0.15) is 5.82 Å². The molecule has 1 atom stereocenters. The van der Waals surface area contributed by atoms with Crippen molar-refractivity contribution >= 4 is 0 Å². The van der Waals surface area contributed by atoms with Crippen LogP contribution in [0.3, 0.4) is 0 Å². The van der Waals surface area contributed by atoms with E-state index in [-0.39, 0.29) is 12.4 Å². The maximum absolute atomic E-state index is 13.4. The van der Waals surface area contributed by atoms with Gasteiger partial charge >= 0.3 is 0 Å². The molecular formula is C15H23FN2O. The molecule has 0 radical (unpaired) electrons. The number of benzene rings is 1. The summed E-state index contributed by atoms with van der Waals surface area (Å²) in [4.78, 5) is 2.39. The lowest BCUT2D eigenvalue weighted by Gasteiger charge is -2.25. The Labute approximate surface area is 114 Å². The molecule has 1 aromatic rings. The summed E-state index contributed by atoms with van der Waals surface area (Å²) >= 11 is 0. The van der Waals surface area contributed by atoms with Gasteiger partial charge in [0.15, 0.2) is 0 Å². The number of rotatable bonds is 6. The van der Waals surface area contributed by atoms with Crippen LogP contribution in [0.1, 0.15) is 36.8 Å². The predicted octanol–water partition coefficient (Wildman–Crippen LogP) is 2.02. The van der Waals surface area contributed by atoms with Gasteiger partial charge in [0.05, 0.1) is 0 Å². The number of hydrogen-bond donors (Lipinski definition) is 2. The largest absolute Gasteiger partial charge is 0.396 e. The lowest BCUT2D eigenvalue weighted by Crippen LogP contribution is -2.29. The van der Waals surface area contributed by atoms with Gasteiger partial charge in [-0.05, 0) is 55.5 Å². The second-order valence-corrected chi connectivity index (χ2v) is 5.25. The highest BCUT2D eigenvalue weighted by molar-refractivity contribution is 5.28. The molecule has 19 heavy (non-hydrogen) atoms. The number of likely N-dealkylation sites (tertiary alicyclic amines) is 1. The van der Waals surface area contributed by atoms with Crippen molar-refractivity contribution in [2.24, 2.45) is 5.73 Å². The van der Waals surface area contributed by atoms with E-state index < -0.39 is 0 Å². The van der Waals surface area contributed by atoms with Crippen molar-refractivity contribution in [3.8, 4) is 0 Å². The maximum atomic E-state index is 13.4. The number of hydrogen-bond acceptors (Lipinski definition) is 3. The van der Waals surface area contributed by atoms with Gasteiger partial charge in [-0.3, -0.25) is 4.90 Å². The summed E-state index contributed by atoms with van der Waals surface area (Å²) in [6.07, 6.45) is 4.22. The van der Waals surface area contributed by atoms with Crippen LogP contribution in [0.25, 0.3) is 0 Å². The van der Waals surface area contributed by atoms with Crippen LogP contribution in [-0.4, -0.2) is 29.2 Å². The Kier molecular flexibility index (Phi) is 5.31. The van der Waals surface area contributed by atoms with Gasteiger partial charge in [0.2, 0.25) is 0 Å². The molecule has 1 saturated heterocycles. The Morgan fingerprint density at radius 2 is 2.21 bits per heavy atom. The zero-order valence-corrected chi connectivity index (χ0v) is 11.3. The number of halogens is 1. The second-order valence-electron chi connectivity index (χ2n) is 5.25. The molecule has 1 aliphatic heterocycles. The molecule has 3 N–H and O–H groups in total. The molecule has 0 aliphatic carbocycles. The molecule has 2 rings (SSSR count). The van der Waals surface area contributed by atoms with Crippen molar-refractivity contribution in [2.45, 2.75) is 44.8 Å². The van der Waals surface area contributed by atoms with E-state index in [0.29, 0.717) is 12.6 Å². The minimum atomic E-state index is -0.196. The summed E-state index contributed by atoms with van der Waals surface area (Å²) in [6, 6.07) is 5.37. The molecule has 0 amide bonds. The number of aliphatic hydroxyl groups excluding tert-OH is 1. The number of nitrogens with zero attached hydrogens (tertiary/aromatic N) is 1. The number of aliphatic hydroxyl groups is 1. The summed E-state index contributed by atoms with van der Waals surface area (Å²) in [5.41, 5.74) is 7.74. The first-order chi connectivity index (χ1) is 9.24. The van der Waals surface area contributed by atoms with Crippen LogP contribution >= 0.6 is 0 Å². The zero-order valence-electron chi connectivity index (χ0n) is 11.3. The van der Waals surface area contributed by atoms with Crippen LogP contribution in [0.2, 0.25) is 0 Å². The van der Waals surface area contributed by atoms with Gasteiger partial charge < -0.3 is 10.8 Å². The number of nitrogens with two attached hydrogens (primary N) is 1. The third kappa shape index (κ3) is 3.75. The standard InChI is InChI=1S/C15H23FN2O/c16-14-6-5-12(10-17)13(9-14)11-18-7-1-3-15(18)4-2-8-19/h5-6,9,15,19H,1-4,7-8,10-11,17H2. The average Bonchev–Trinajstić information content (AvgIpc) is 2.84. The molecule has 0 spiro atoms. The van der Waals surface area contributed by atoms with Crippen molar-refractivity contribution in [1.29, 1.82) is 0 Å². The Morgan fingerprint density at radius 1 is 1.37 bits per heavy atom. The average molecular weight is 266 g/mol. The SMILES string of the molecule is NCc1ccc(F)cc1CN1CCCC1CCCO. The fourth-order valence-corrected chi connectivity index (χ4v) is 2.92. The van der Waals surface area contributed by atoms with E-state index in [9.17, 15) is 4.39 Å². The van der Waals surface area contributed by atoms with Crippen molar-refractivity contribution in [3.05, 3.63) is 35.1 Å². The van der Waals surface area contributed by atoms with Crippen LogP contribution < -0.4 is 5.73 Å². The summed E-state index contributed by atoms with van der Waals surface area (Å²) < 4.78 is 13.4. The molecule has 4 heteroatoms. The molecule has 1 aromatic carbocycles. The minimum absolute atomic E-state index is 0.196. The molecule has 1 unspecified atom stereocenters. The van der Waals surface area contributed by atoms with Gasteiger partial charge in [-0.1, -0.05) is 6.07 Å². The van der Waals surface area contributed by atoms with Crippen molar-refractivity contribution in [3.63, 3.8) is 0 Å². The first-order valence-electron chi connectivity index (χ1n) is 7.07. The van der Waals surface area contributed by atoms with E-state index in [1.54, 1.807) is 12.1 Å². The minimum Gasteiger partial charge on any atom is -0.396 e. The Morgan fingerprint density at radius 3 is 2.95 bits per heavy atom. The monoisotopic (exact) mass is 266 g/mol. The first kappa shape index (κ1) is 14.4. The fourth-order valence-electron chi connectivity index (χ4n) is 2.92. The quantitative estimate of drug-likeness (QED) is 0.828. The summed E-state index contributed by atoms with van der Waals surface area (Å²) in [5.74, 6) is -0.196. The molecule has 0 saturated carbocycles. The van der Waals surface area contributed by atoms with Crippen molar-refractivity contribution in [2.75, 3.05) is 13.2 Å². The Balaban J connectivity index is 2.05. The van der Waals surface area contributed by atoms with Gasteiger partial charge in [-0.2, -0.15) is 0 Å². The van der Waals surface area contributed by atoms with E-state index in [4.69, 9.17) is 10.8 Å². The summed E-state index contributed by atoms with van der Waals surface area (Å²) in [5, 5.41) is 8.94. The topological polar surface area (TPSA) is 49.5 Å². The van der Waals surface area contributed by atoms with Crippen LogP contribution in [0, 0.1) is 5.82 Å². The highest BCUT2D eigenvalue weighted by atomic mass is 19.1. The molecular weight excluding hydrogens is 243 g/mol. The highest BCUT2D eigenvalue weighted by Gasteiger charge is 2.24. The molecule has 1 fully saturated rings. The molecule has 106 valence electrons. The van der Waals surface area contributed by atoms with E-state index in [1.807, 2.05) is 0 Å². The van der Waals surface area contributed by atoms with Crippen LogP contribution in [0.4, 0.5) is 4.39 Å². The third-order valence-corrected chi connectivity index (χ3v) is 3.96. The van der Waals surface area contributed by atoms with Crippen LogP contribution in [0.15, 0.2) is 18.2 Å². The Hall–Kier alpha value is -0.970. The highest BCUT2D eigenvalue weighted by Crippen LogP contribution is 2.24. The molecule has 1 heterocycles. The van der Waals surface area contributed by atoms with Gasteiger partial charge in [-0.25, -0.2) is 4.39 Å². The lowest BCUT2D eigenvalue weighted by atomic mass is 10.0. The van der Waals surface area contributed by atoms with E-state index in [2.05, 4.69) is 4.90 Å². The van der Waals surface area contributed by atoms with Crippen LogP contribution in [-0.2, 0) is 13.1 Å². The second kappa shape index (κ2) is 6.98. The summed E-state index contributed by atoms with van der Waals surface area (Å²) in [7, 11) is 0. The zero-order chi connectivity index (χ0) is 13.7. The van der Waals surface area contributed by atoms with Gasteiger partial charge in [0, 0.05) is 25.7 Å². The first-order valence-corrected chi connectivity index (χ1v) is 7.07. The van der Waals surface area contributed by atoms with Crippen molar-refractivity contribution in [1.82, 2.24) is 4.90 Å². The predicted molar refractivity (Wildman–Crippen MR) is 74.0 cm³/mol. The summed E-state index contributed by atoms with van der Waals surface area (Å²) in [6.45, 7) is 2.51. The van der Waals surface area contributed by atoms with E-state index >= 15 is 0 Å². The maximum Gasteiger partial charge on any atom is 0.123 e. The molecule has 0 bridgehead atoms. The molecule has 3 nitrogen and oxygen atoms in total. The van der Waals surface area contributed by atoms with Crippen molar-refractivity contribution < 1.29 is 9.50 Å². The van der Waals surface area contributed by atoms with Gasteiger partial charge in [0.25, 0.3) is 0 Å². The van der Waals surface area contributed by atoms with E-state index in [0.717, 1.165) is 37.1 Å². The third-order valence-electron chi connectivity index (χ3n) is 3.96. The Bertz CT molecular complexity index is 411. The van der Waals surface area contributed by atoms with Crippen LogP contribution in [0.5, 0.6) is 0 Å². The smallest absolute Gasteiger partial charge is 0.123 e. The van der Waals surface area contributed by atoms with E-state index in [1.165, 1.54) is 18.9 Å². The normalized spacial score (nSPS) is 20.1. The molecule has 1 aliphatic rings. The van der Waals surface area contributed by atoms with Gasteiger partial charge in [-0.15, -0.1) is 0 Å². The lowest BCUT2D eigenvalue weighted by molar-refractivity contribution is 0.209. The fraction of sp³-hybridized carbons (Fsp3) is 0.600. The molecule has 0 aromatic heterocycles.